The van der Waals surface area contributed by atoms with Gasteiger partial charge in [0, 0.05) is 5.39 Å². The van der Waals surface area contributed by atoms with E-state index in [-0.39, 0.29) is 10.7 Å². The van der Waals surface area contributed by atoms with E-state index in [9.17, 15) is 9.59 Å². The molecule has 1 aromatic heterocycles. The molecule has 0 radical (unpaired) electrons. The number of fused-ring (bicyclic) bond motifs is 1. The summed E-state index contributed by atoms with van der Waals surface area (Å²) in [6, 6.07) is 15.2. The fourth-order valence-electron chi connectivity index (χ4n) is 2.27. The number of esters is 1. The summed E-state index contributed by atoms with van der Waals surface area (Å²) in [6.45, 7) is -0.446. The second-order valence-corrected chi connectivity index (χ2v) is 5.91. The Morgan fingerprint density at radius 2 is 1.76 bits per heavy atom. The summed E-state index contributed by atoms with van der Waals surface area (Å²) in [4.78, 5) is 28.4. The SMILES string of the molecule is O=C(COC(=O)c1cc(Cl)nc2ccccc12)Nc1ccccc1Cl. The highest BCUT2D eigenvalue weighted by Crippen LogP contribution is 2.22. The number of aromatic nitrogens is 1. The highest BCUT2D eigenvalue weighted by atomic mass is 35.5. The van der Waals surface area contributed by atoms with E-state index in [0.717, 1.165) is 0 Å². The minimum absolute atomic E-state index is 0.172. The van der Waals surface area contributed by atoms with Crippen LogP contribution in [0.2, 0.25) is 10.2 Å². The van der Waals surface area contributed by atoms with Crippen LogP contribution < -0.4 is 5.32 Å². The normalized spacial score (nSPS) is 10.5. The molecule has 0 aliphatic carbocycles. The van der Waals surface area contributed by atoms with Crippen LogP contribution in [0.4, 0.5) is 5.69 Å². The number of hydrogen-bond acceptors (Lipinski definition) is 4. The molecule has 1 heterocycles. The van der Waals surface area contributed by atoms with Crippen molar-refractivity contribution in [2.45, 2.75) is 0 Å². The number of amides is 1. The summed E-state index contributed by atoms with van der Waals surface area (Å²) in [5, 5.41) is 3.75. The molecule has 7 heteroatoms. The summed E-state index contributed by atoms with van der Waals surface area (Å²) in [5.74, 6) is -1.15. The first-order valence-electron chi connectivity index (χ1n) is 7.31. The minimum atomic E-state index is -0.658. The van der Waals surface area contributed by atoms with Crippen molar-refractivity contribution in [1.29, 1.82) is 0 Å². The molecule has 126 valence electrons. The maximum Gasteiger partial charge on any atom is 0.339 e. The predicted molar refractivity (Wildman–Crippen MR) is 97.1 cm³/mol. The first kappa shape index (κ1) is 17.2. The lowest BCUT2D eigenvalue weighted by atomic mass is 10.1. The Balaban J connectivity index is 1.71. The van der Waals surface area contributed by atoms with Gasteiger partial charge in [-0.15, -0.1) is 0 Å². The number of para-hydroxylation sites is 2. The fraction of sp³-hybridized carbons (Fsp3) is 0.0556. The predicted octanol–water partition coefficient (Wildman–Crippen LogP) is 4.34. The van der Waals surface area contributed by atoms with Crippen LogP contribution in [0.3, 0.4) is 0 Å². The second kappa shape index (κ2) is 7.51. The van der Waals surface area contributed by atoms with Crippen molar-refractivity contribution in [2.24, 2.45) is 0 Å². The number of nitrogens with zero attached hydrogens (tertiary/aromatic N) is 1. The molecule has 1 amide bonds. The average Bonchev–Trinajstić information content (AvgIpc) is 2.61. The monoisotopic (exact) mass is 374 g/mol. The van der Waals surface area contributed by atoms with E-state index in [2.05, 4.69) is 10.3 Å². The smallest absolute Gasteiger partial charge is 0.339 e. The number of anilines is 1. The third kappa shape index (κ3) is 4.07. The van der Waals surface area contributed by atoms with E-state index in [1.807, 2.05) is 0 Å². The molecule has 0 aliphatic heterocycles. The summed E-state index contributed by atoms with van der Waals surface area (Å²) in [6.07, 6.45) is 0. The highest BCUT2D eigenvalue weighted by molar-refractivity contribution is 6.33. The van der Waals surface area contributed by atoms with Crippen LogP contribution in [-0.4, -0.2) is 23.5 Å². The zero-order valence-electron chi connectivity index (χ0n) is 12.8. The summed E-state index contributed by atoms with van der Waals surface area (Å²) < 4.78 is 5.08. The standard InChI is InChI=1S/C18H12Cl2N2O3/c19-13-6-2-4-8-15(13)22-17(23)10-25-18(24)12-9-16(20)21-14-7-3-1-5-11(12)14/h1-9H,10H2,(H,22,23). The molecule has 0 unspecified atom stereocenters. The second-order valence-electron chi connectivity index (χ2n) is 5.11. The van der Waals surface area contributed by atoms with Crippen LogP contribution in [0.15, 0.2) is 54.6 Å². The Kier molecular flexibility index (Phi) is 5.16. The molecule has 0 bridgehead atoms. The van der Waals surface area contributed by atoms with Gasteiger partial charge in [-0.3, -0.25) is 4.79 Å². The largest absolute Gasteiger partial charge is 0.452 e. The van der Waals surface area contributed by atoms with Gasteiger partial charge in [0.05, 0.1) is 21.8 Å². The Morgan fingerprint density at radius 1 is 1.04 bits per heavy atom. The highest BCUT2D eigenvalue weighted by Gasteiger charge is 2.15. The van der Waals surface area contributed by atoms with E-state index in [0.29, 0.717) is 21.6 Å². The maximum absolute atomic E-state index is 12.3. The zero-order valence-corrected chi connectivity index (χ0v) is 14.3. The van der Waals surface area contributed by atoms with Gasteiger partial charge in [0.25, 0.3) is 5.91 Å². The quantitative estimate of drug-likeness (QED) is 0.544. The van der Waals surface area contributed by atoms with Crippen LogP contribution >= 0.6 is 23.2 Å². The molecule has 0 saturated carbocycles. The van der Waals surface area contributed by atoms with E-state index in [1.165, 1.54) is 6.07 Å². The van der Waals surface area contributed by atoms with E-state index in [1.54, 1.807) is 48.5 Å². The summed E-state index contributed by atoms with van der Waals surface area (Å²) >= 11 is 11.9. The molecular formula is C18H12Cl2N2O3. The number of halogens is 2. The lowest BCUT2D eigenvalue weighted by molar-refractivity contribution is -0.119. The molecule has 0 spiro atoms. The van der Waals surface area contributed by atoms with Crippen LogP contribution in [-0.2, 0) is 9.53 Å². The van der Waals surface area contributed by atoms with Gasteiger partial charge in [-0.2, -0.15) is 0 Å². The number of carbonyl (C=O) groups excluding carboxylic acids is 2. The molecular weight excluding hydrogens is 363 g/mol. The Bertz CT molecular complexity index is 960. The van der Waals surface area contributed by atoms with Crippen molar-refractivity contribution in [2.75, 3.05) is 11.9 Å². The third-order valence-corrected chi connectivity index (χ3v) is 3.91. The van der Waals surface area contributed by atoms with Gasteiger partial charge in [0.15, 0.2) is 6.61 Å². The first-order valence-corrected chi connectivity index (χ1v) is 8.07. The van der Waals surface area contributed by atoms with Crippen LogP contribution in [0.5, 0.6) is 0 Å². The zero-order chi connectivity index (χ0) is 17.8. The molecule has 0 fully saturated rings. The Labute approximate surface area is 153 Å². The van der Waals surface area contributed by atoms with Crippen LogP contribution in [0.25, 0.3) is 10.9 Å². The van der Waals surface area contributed by atoms with E-state index in [4.69, 9.17) is 27.9 Å². The van der Waals surface area contributed by atoms with Gasteiger partial charge in [-0.25, -0.2) is 9.78 Å². The molecule has 0 atom stereocenters. The summed E-state index contributed by atoms with van der Waals surface area (Å²) in [7, 11) is 0. The average molecular weight is 375 g/mol. The molecule has 0 saturated heterocycles. The fourth-order valence-corrected chi connectivity index (χ4v) is 2.65. The van der Waals surface area contributed by atoms with Gasteiger partial charge >= 0.3 is 5.97 Å². The summed E-state index contributed by atoms with van der Waals surface area (Å²) in [5.41, 5.74) is 1.27. The van der Waals surface area contributed by atoms with Crippen molar-refractivity contribution in [1.82, 2.24) is 4.98 Å². The number of hydrogen-bond donors (Lipinski definition) is 1. The topological polar surface area (TPSA) is 68.3 Å². The van der Waals surface area contributed by atoms with Crippen LogP contribution in [0.1, 0.15) is 10.4 Å². The number of rotatable bonds is 4. The Morgan fingerprint density at radius 3 is 2.56 bits per heavy atom. The van der Waals surface area contributed by atoms with Gasteiger partial charge in [-0.1, -0.05) is 53.5 Å². The molecule has 1 N–H and O–H groups in total. The number of pyridine rings is 1. The third-order valence-electron chi connectivity index (χ3n) is 3.39. The molecule has 25 heavy (non-hydrogen) atoms. The van der Waals surface area contributed by atoms with Gasteiger partial charge in [0.2, 0.25) is 0 Å². The lowest BCUT2D eigenvalue weighted by Crippen LogP contribution is -2.21. The number of nitrogens with one attached hydrogen (secondary N) is 1. The van der Waals surface area contributed by atoms with Crippen molar-refractivity contribution < 1.29 is 14.3 Å². The Hall–Kier alpha value is -2.63. The molecule has 3 rings (SSSR count). The van der Waals surface area contributed by atoms with Gasteiger partial charge in [0.1, 0.15) is 5.15 Å². The molecule has 2 aromatic carbocycles. The molecule has 5 nitrogen and oxygen atoms in total. The van der Waals surface area contributed by atoms with Crippen molar-refractivity contribution >= 4 is 51.7 Å². The number of ether oxygens (including phenoxy) is 1. The molecule has 3 aromatic rings. The molecule has 0 aliphatic rings. The lowest BCUT2D eigenvalue weighted by Gasteiger charge is -2.09. The first-order chi connectivity index (χ1) is 12.0. The van der Waals surface area contributed by atoms with Crippen molar-refractivity contribution in [3.05, 3.63) is 70.3 Å². The van der Waals surface area contributed by atoms with Crippen LogP contribution in [0, 0.1) is 0 Å². The van der Waals surface area contributed by atoms with Gasteiger partial charge in [-0.05, 0) is 24.3 Å². The van der Waals surface area contributed by atoms with Crippen molar-refractivity contribution in [3.63, 3.8) is 0 Å². The van der Waals surface area contributed by atoms with Crippen molar-refractivity contribution in [3.8, 4) is 0 Å². The number of carbonyl (C=O) groups is 2. The van der Waals surface area contributed by atoms with Gasteiger partial charge < -0.3 is 10.1 Å². The maximum atomic E-state index is 12.3. The van der Waals surface area contributed by atoms with E-state index < -0.39 is 18.5 Å². The van der Waals surface area contributed by atoms with E-state index >= 15 is 0 Å². The minimum Gasteiger partial charge on any atom is -0.452 e. The number of benzene rings is 2.